The van der Waals surface area contributed by atoms with Gasteiger partial charge in [-0.25, -0.2) is 0 Å². The van der Waals surface area contributed by atoms with Crippen molar-refractivity contribution in [1.29, 1.82) is 0 Å². The van der Waals surface area contributed by atoms with E-state index in [0.29, 0.717) is 18.7 Å². The maximum atomic E-state index is 8.99. The lowest BCUT2D eigenvalue weighted by Gasteiger charge is -2.46. The Labute approximate surface area is 99.0 Å². The molecule has 0 aromatic rings. The summed E-state index contributed by atoms with van der Waals surface area (Å²) in [6.07, 6.45) is 10.1. The molecule has 2 atom stereocenters. The average Bonchev–Trinajstić information content (AvgIpc) is 2.22. The van der Waals surface area contributed by atoms with Crippen LogP contribution in [-0.4, -0.2) is 41.3 Å². The molecule has 0 bridgehead atoms. The molecular formula is C13H26N2O. The molecule has 0 saturated heterocycles. The van der Waals surface area contributed by atoms with Crippen LogP contribution >= 0.6 is 0 Å². The van der Waals surface area contributed by atoms with E-state index in [1.807, 2.05) is 0 Å². The summed E-state index contributed by atoms with van der Waals surface area (Å²) in [5, 5.41) is 8.99. The smallest absolute Gasteiger partial charge is 0.0443 e. The van der Waals surface area contributed by atoms with E-state index in [2.05, 4.69) is 4.90 Å². The van der Waals surface area contributed by atoms with Gasteiger partial charge >= 0.3 is 0 Å². The SMILES string of the molecule is NC1CCCCC1N(CCCO)C1CCC1. The standard InChI is InChI=1S/C13H26N2O/c14-12-7-1-2-8-13(12)15(9-4-10-16)11-5-3-6-11/h11-13,16H,1-10,14H2. The summed E-state index contributed by atoms with van der Waals surface area (Å²) in [6, 6.07) is 1.72. The van der Waals surface area contributed by atoms with Crippen molar-refractivity contribution in [1.82, 2.24) is 4.90 Å². The third-order valence-corrected chi connectivity index (χ3v) is 4.33. The van der Waals surface area contributed by atoms with Crippen LogP contribution in [-0.2, 0) is 0 Å². The summed E-state index contributed by atoms with van der Waals surface area (Å²) < 4.78 is 0. The van der Waals surface area contributed by atoms with Gasteiger partial charge < -0.3 is 10.8 Å². The van der Waals surface area contributed by atoms with E-state index in [4.69, 9.17) is 10.8 Å². The minimum absolute atomic E-state index is 0.311. The van der Waals surface area contributed by atoms with Crippen LogP contribution in [0.15, 0.2) is 0 Å². The highest BCUT2D eigenvalue weighted by Gasteiger charge is 2.34. The molecule has 3 N–H and O–H groups in total. The van der Waals surface area contributed by atoms with Gasteiger partial charge in [0.2, 0.25) is 0 Å². The zero-order chi connectivity index (χ0) is 11.4. The Morgan fingerprint density at radius 3 is 2.38 bits per heavy atom. The Hall–Kier alpha value is -0.120. The van der Waals surface area contributed by atoms with Crippen LogP contribution in [0.4, 0.5) is 0 Å². The molecule has 2 unspecified atom stereocenters. The largest absolute Gasteiger partial charge is 0.396 e. The fourth-order valence-corrected chi connectivity index (χ4v) is 3.14. The van der Waals surface area contributed by atoms with Crippen molar-refractivity contribution in [3.05, 3.63) is 0 Å². The highest BCUT2D eigenvalue weighted by Crippen LogP contribution is 2.31. The number of nitrogens with zero attached hydrogens (tertiary/aromatic N) is 1. The summed E-state index contributed by atoms with van der Waals surface area (Å²) in [6.45, 7) is 1.35. The van der Waals surface area contributed by atoms with Gasteiger partial charge in [0.05, 0.1) is 0 Å². The van der Waals surface area contributed by atoms with Crippen molar-refractivity contribution in [2.45, 2.75) is 69.5 Å². The van der Waals surface area contributed by atoms with Gasteiger partial charge in [0.25, 0.3) is 0 Å². The minimum atomic E-state index is 0.311. The van der Waals surface area contributed by atoms with Gasteiger partial charge in [0.15, 0.2) is 0 Å². The van der Waals surface area contributed by atoms with Gasteiger partial charge in [0, 0.05) is 31.3 Å². The molecule has 3 nitrogen and oxygen atoms in total. The molecule has 0 aliphatic heterocycles. The quantitative estimate of drug-likeness (QED) is 0.747. The van der Waals surface area contributed by atoms with E-state index in [9.17, 15) is 0 Å². The molecule has 2 fully saturated rings. The third kappa shape index (κ3) is 2.76. The van der Waals surface area contributed by atoms with Gasteiger partial charge in [-0.15, -0.1) is 0 Å². The van der Waals surface area contributed by atoms with Crippen molar-refractivity contribution in [3.8, 4) is 0 Å². The number of hydrogen-bond donors (Lipinski definition) is 2. The highest BCUT2D eigenvalue weighted by molar-refractivity contribution is 4.91. The molecule has 0 aromatic carbocycles. The first kappa shape index (κ1) is 12.3. The summed E-state index contributed by atoms with van der Waals surface area (Å²) >= 11 is 0. The van der Waals surface area contributed by atoms with Crippen molar-refractivity contribution in [2.75, 3.05) is 13.2 Å². The molecule has 2 aliphatic rings. The Kier molecular flexibility index (Phi) is 4.62. The van der Waals surface area contributed by atoms with Crippen LogP contribution in [0.1, 0.15) is 51.4 Å². The molecule has 94 valence electrons. The molecule has 2 rings (SSSR count). The molecule has 0 amide bonds. The average molecular weight is 226 g/mol. The van der Waals surface area contributed by atoms with E-state index in [1.165, 1.54) is 44.9 Å². The number of hydrogen-bond acceptors (Lipinski definition) is 3. The highest BCUT2D eigenvalue weighted by atomic mass is 16.3. The first-order valence-electron chi connectivity index (χ1n) is 6.95. The second-order valence-electron chi connectivity index (χ2n) is 5.42. The molecule has 16 heavy (non-hydrogen) atoms. The van der Waals surface area contributed by atoms with E-state index >= 15 is 0 Å². The minimum Gasteiger partial charge on any atom is -0.396 e. The first-order chi connectivity index (χ1) is 7.83. The maximum absolute atomic E-state index is 8.99. The second kappa shape index (κ2) is 5.99. The predicted octanol–water partition coefficient (Wildman–Crippen LogP) is 1.49. The van der Waals surface area contributed by atoms with Gasteiger partial charge in [-0.05, 0) is 32.1 Å². The Morgan fingerprint density at radius 2 is 1.81 bits per heavy atom. The number of nitrogens with two attached hydrogens (primary N) is 1. The summed E-state index contributed by atoms with van der Waals surface area (Å²) in [7, 11) is 0. The Morgan fingerprint density at radius 1 is 1.06 bits per heavy atom. The summed E-state index contributed by atoms with van der Waals surface area (Å²) in [5.74, 6) is 0. The van der Waals surface area contributed by atoms with Gasteiger partial charge in [-0.3, -0.25) is 4.90 Å². The Balaban J connectivity index is 1.92. The van der Waals surface area contributed by atoms with Crippen molar-refractivity contribution >= 4 is 0 Å². The molecule has 0 aromatic heterocycles. The maximum Gasteiger partial charge on any atom is 0.0443 e. The van der Waals surface area contributed by atoms with Crippen LogP contribution in [0.2, 0.25) is 0 Å². The third-order valence-electron chi connectivity index (χ3n) is 4.33. The van der Waals surface area contributed by atoms with E-state index in [0.717, 1.165) is 19.0 Å². The first-order valence-corrected chi connectivity index (χ1v) is 6.95. The summed E-state index contributed by atoms with van der Waals surface area (Å²) in [5.41, 5.74) is 6.26. The van der Waals surface area contributed by atoms with E-state index in [1.54, 1.807) is 0 Å². The molecular weight excluding hydrogens is 200 g/mol. The molecule has 0 spiro atoms. The van der Waals surface area contributed by atoms with Crippen LogP contribution < -0.4 is 5.73 Å². The fraction of sp³-hybridized carbons (Fsp3) is 1.00. The lowest BCUT2D eigenvalue weighted by atomic mass is 9.84. The molecule has 3 heteroatoms. The van der Waals surface area contributed by atoms with Gasteiger partial charge in [-0.1, -0.05) is 19.3 Å². The number of rotatable bonds is 5. The van der Waals surface area contributed by atoms with Crippen LogP contribution in [0, 0.1) is 0 Å². The van der Waals surface area contributed by atoms with Crippen molar-refractivity contribution < 1.29 is 5.11 Å². The molecule has 0 radical (unpaired) electrons. The lowest BCUT2D eigenvalue weighted by molar-refractivity contribution is 0.0441. The fourth-order valence-electron chi connectivity index (χ4n) is 3.14. The molecule has 2 aliphatic carbocycles. The molecule has 2 saturated carbocycles. The Bertz CT molecular complexity index is 206. The number of aliphatic hydroxyl groups is 1. The monoisotopic (exact) mass is 226 g/mol. The lowest BCUT2D eigenvalue weighted by Crippen LogP contribution is -2.55. The summed E-state index contributed by atoms with van der Waals surface area (Å²) in [4.78, 5) is 2.61. The van der Waals surface area contributed by atoms with E-state index < -0.39 is 0 Å². The van der Waals surface area contributed by atoms with Crippen LogP contribution in [0.3, 0.4) is 0 Å². The van der Waals surface area contributed by atoms with Crippen molar-refractivity contribution in [2.24, 2.45) is 5.73 Å². The normalized spacial score (nSPS) is 31.7. The zero-order valence-corrected chi connectivity index (χ0v) is 10.3. The van der Waals surface area contributed by atoms with Crippen LogP contribution in [0.5, 0.6) is 0 Å². The van der Waals surface area contributed by atoms with Crippen molar-refractivity contribution in [3.63, 3.8) is 0 Å². The van der Waals surface area contributed by atoms with Gasteiger partial charge in [-0.2, -0.15) is 0 Å². The molecule has 0 heterocycles. The zero-order valence-electron chi connectivity index (χ0n) is 10.3. The van der Waals surface area contributed by atoms with Gasteiger partial charge in [0.1, 0.15) is 0 Å². The van der Waals surface area contributed by atoms with E-state index in [-0.39, 0.29) is 0 Å². The topological polar surface area (TPSA) is 49.5 Å². The number of aliphatic hydroxyl groups excluding tert-OH is 1. The van der Waals surface area contributed by atoms with Crippen LogP contribution in [0.25, 0.3) is 0 Å². The second-order valence-corrected chi connectivity index (χ2v) is 5.42. The predicted molar refractivity (Wildman–Crippen MR) is 66.3 cm³/mol.